The summed E-state index contributed by atoms with van der Waals surface area (Å²) >= 11 is 0. The maximum absolute atomic E-state index is 12.6. The molecule has 0 radical (unpaired) electrons. The van der Waals surface area contributed by atoms with Crippen molar-refractivity contribution in [3.8, 4) is 0 Å². The average Bonchev–Trinajstić information content (AvgIpc) is 3.31. The fourth-order valence-electron chi connectivity index (χ4n) is 7.92. The molecule has 2 atom stereocenters. The Morgan fingerprint density at radius 3 is 1.24 bits per heavy atom. The molecule has 0 aliphatic rings. The number of hydrogen-bond donors (Lipinski definition) is 2. The van der Waals surface area contributed by atoms with Crippen molar-refractivity contribution >= 4 is 19.8 Å². The highest BCUT2D eigenvalue weighted by molar-refractivity contribution is 7.47. The zero-order chi connectivity index (χ0) is 48.1. The molecule has 9 nitrogen and oxygen atoms in total. The van der Waals surface area contributed by atoms with Crippen molar-refractivity contribution in [3.63, 3.8) is 0 Å². The van der Waals surface area contributed by atoms with E-state index in [9.17, 15) is 19.0 Å². The number of ether oxygens (including phenoxy) is 2. The van der Waals surface area contributed by atoms with Crippen LogP contribution in [0.25, 0.3) is 0 Å². The summed E-state index contributed by atoms with van der Waals surface area (Å²) < 4.78 is 32.7. The minimum absolute atomic E-state index is 0.0555. The Balaban J connectivity index is 3.63. The van der Waals surface area contributed by atoms with Crippen LogP contribution in [0.5, 0.6) is 0 Å². The van der Waals surface area contributed by atoms with Gasteiger partial charge in [-0.2, -0.15) is 0 Å². The maximum atomic E-state index is 12.6. The summed E-state index contributed by atoms with van der Waals surface area (Å²) in [6.45, 7) is 3.57. The van der Waals surface area contributed by atoms with Crippen molar-refractivity contribution < 1.29 is 37.6 Å². The standard InChI is InChI=1S/C56H104NO8P/c1-3-5-7-9-11-12-13-14-15-16-17-18-19-20-21-22-23-24-25-26-27-28-29-30-31-32-33-34-35-36-37-38-39-40-41-42-43-45-47-49-56(59)65-54(53-64-66(60,61)63-51-50-57)52-62-55(58)48-46-44-10-8-6-4-2/h5,7,11-12,14-15,17-18,54H,3-4,6,8-10,13,16,19-53,57H2,1-2H3,(H,60,61)/b7-5-,12-11-,15-14-,18-17-. The molecule has 0 aromatic heterocycles. The van der Waals surface area contributed by atoms with Crippen LogP contribution >= 0.6 is 7.82 Å². The van der Waals surface area contributed by atoms with Gasteiger partial charge >= 0.3 is 19.8 Å². The van der Waals surface area contributed by atoms with Gasteiger partial charge in [0, 0.05) is 19.4 Å². The van der Waals surface area contributed by atoms with E-state index in [0.717, 1.165) is 64.2 Å². The number of rotatable bonds is 52. The molecule has 0 saturated carbocycles. The molecule has 0 aliphatic carbocycles. The van der Waals surface area contributed by atoms with E-state index in [2.05, 4.69) is 62.5 Å². The van der Waals surface area contributed by atoms with E-state index in [1.807, 2.05) is 0 Å². The number of esters is 2. The molecule has 0 aromatic rings. The second-order valence-corrected chi connectivity index (χ2v) is 19.9. The lowest BCUT2D eigenvalue weighted by atomic mass is 10.0. The molecule has 0 bridgehead atoms. The van der Waals surface area contributed by atoms with Crippen molar-refractivity contribution in [1.82, 2.24) is 0 Å². The third kappa shape index (κ3) is 51.4. The topological polar surface area (TPSA) is 134 Å². The quantitative estimate of drug-likeness (QED) is 0.0264. The van der Waals surface area contributed by atoms with Gasteiger partial charge in [0.05, 0.1) is 13.2 Å². The van der Waals surface area contributed by atoms with Crippen molar-refractivity contribution in [2.24, 2.45) is 5.73 Å². The van der Waals surface area contributed by atoms with Crippen molar-refractivity contribution in [1.29, 1.82) is 0 Å². The molecule has 0 heterocycles. The van der Waals surface area contributed by atoms with Crippen LogP contribution in [0.15, 0.2) is 48.6 Å². The van der Waals surface area contributed by atoms with E-state index in [0.29, 0.717) is 6.42 Å². The van der Waals surface area contributed by atoms with E-state index in [1.54, 1.807) is 0 Å². The van der Waals surface area contributed by atoms with Crippen LogP contribution in [-0.2, 0) is 32.7 Å². The van der Waals surface area contributed by atoms with Gasteiger partial charge in [0.2, 0.25) is 0 Å². The van der Waals surface area contributed by atoms with Gasteiger partial charge in [0.15, 0.2) is 6.10 Å². The van der Waals surface area contributed by atoms with Crippen molar-refractivity contribution in [3.05, 3.63) is 48.6 Å². The number of nitrogens with two attached hydrogens (primary N) is 1. The first kappa shape index (κ1) is 64.0. The molecule has 0 spiro atoms. The minimum Gasteiger partial charge on any atom is -0.462 e. The molecule has 2 unspecified atom stereocenters. The summed E-state index contributed by atoms with van der Waals surface area (Å²) in [5.41, 5.74) is 5.34. The summed E-state index contributed by atoms with van der Waals surface area (Å²) in [6.07, 6.45) is 63.9. The molecule has 10 heteroatoms. The Hall–Kier alpha value is -2.03. The van der Waals surface area contributed by atoms with Crippen LogP contribution in [0, 0.1) is 0 Å². The lowest BCUT2D eigenvalue weighted by molar-refractivity contribution is -0.161. The van der Waals surface area contributed by atoms with E-state index in [1.165, 1.54) is 167 Å². The van der Waals surface area contributed by atoms with Gasteiger partial charge in [-0.3, -0.25) is 18.6 Å². The van der Waals surface area contributed by atoms with E-state index < -0.39 is 26.5 Å². The highest BCUT2D eigenvalue weighted by Crippen LogP contribution is 2.43. The second-order valence-electron chi connectivity index (χ2n) is 18.4. The molecular formula is C56H104NO8P. The predicted octanol–water partition coefficient (Wildman–Crippen LogP) is 17.0. The third-order valence-corrected chi connectivity index (χ3v) is 13.0. The first-order valence-electron chi connectivity index (χ1n) is 27.6. The molecule has 0 saturated heterocycles. The summed E-state index contributed by atoms with van der Waals surface area (Å²) in [7, 11) is -4.37. The Morgan fingerprint density at radius 1 is 0.470 bits per heavy atom. The van der Waals surface area contributed by atoms with E-state index in [4.69, 9.17) is 24.3 Å². The summed E-state index contributed by atoms with van der Waals surface area (Å²) in [5, 5.41) is 0. The number of phosphoric acid groups is 1. The van der Waals surface area contributed by atoms with Crippen LogP contribution < -0.4 is 5.73 Å². The van der Waals surface area contributed by atoms with Crippen LogP contribution in [-0.4, -0.2) is 49.3 Å². The largest absolute Gasteiger partial charge is 0.472 e. The first-order chi connectivity index (χ1) is 32.3. The molecular weight excluding hydrogens is 846 g/mol. The summed E-state index contributed by atoms with van der Waals surface area (Å²) in [5.74, 6) is -0.827. The van der Waals surface area contributed by atoms with Crippen LogP contribution in [0.3, 0.4) is 0 Å². The molecule has 0 aliphatic heterocycles. The van der Waals surface area contributed by atoms with Gasteiger partial charge in [-0.1, -0.05) is 249 Å². The monoisotopic (exact) mass is 950 g/mol. The zero-order valence-corrected chi connectivity index (χ0v) is 43.8. The lowest BCUT2D eigenvalue weighted by Crippen LogP contribution is -2.29. The smallest absolute Gasteiger partial charge is 0.462 e. The molecule has 0 aromatic carbocycles. The van der Waals surface area contributed by atoms with Crippen molar-refractivity contribution in [2.45, 2.75) is 270 Å². The second kappa shape index (κ2) is 52.3. The number of hydrogen-bond acceptors (Lipinski definition) is 8. The molecule has 386 valence electrons. The lowest BCUT2D eigenvalue weighted by Gasteiger charge is -2.19. The minimum atomic E-state index is -4.37. The maximum Gasteiger partial charge on any atom is 0.472 e. The number of phosphoric ester groups is 1. The third-order valence-electron chi connectivity index (χ3n) is 12.0. The van der Waals surface area contributed by atoms with Gasteiger partial charge in [-0.05, 0) is 51.4 Å². The van der Waals surface area contributed by atoms with Crippen LogP contribution in [0.1, 0.15) is 264 Å². The Labute approximate surface area is 407 Å². The Kier molecular flexibility index (Phi) is 50.7. The van der Waals surface area contributed by atoms with Gasteiger partial charge in [0.1, 0.15) is 6.61 Å². The number of unbranched alkanes of at least 4 members (excludes halogenated alkanes) is 31. The van der Waals surface area contributed by atoms with Gasteiger partial charge in [-0.15, -0.1) is 0 Å². The summed E-state index contributed by atoms with van der Waals surface area (Å²) in [4.78, 5) is 34.7. The molecule has 0 amide bonds. The van der Waals surface area contributed by atoms with E-state index in [-0.39, 0.29) is 38.6 Å². The Morgan fingerprint density at radius 2 is 0.833 bits per heavy atom. The van der Waals surface area contributed by atoms with Crippen LogP contribution in [0.2, 0.25) is 0 Å². The fraction of sp³-hybridized carbons (Fsp3) is 0.821. The molecule has 3 N–H and O–H groups in total. The van der Waals surface area contributed by atoms with E-state index >= 15 is 0 Å². The predicted molar refractivity (Wildman–Crippen MR) is 280 cm³/mol. The van der Waals surface area contributed by atoms with Gasteiger partial charge in [0.25, 0.3) is 0 Å². The Bertz CT molecular complexity index is 1220. The first-order valence-corrected chi connectivity index (χ1v) is 29.1. The highest BCUT2D eigenvalue weighted by Gasteiger charge is 2.26. The fourth-order valence-corrected chi connectivity index (χ4v) is 8.69. The van der Waals surface area contributed by atoms with Gasteiger partial charge in [-0.25, -0.2) is 4.57 Å². The number of carbonyl (C=O) groups is 2. The molecule has 0 rings (SSSR count). The van der Waals surface area contributed by atoms with Crippen LogP contribution in [0.4, 0.5) is 0 Å². The normalized spacial score (nSPS) is 13.5. The molecule has 66 heavy (non-hydrogen) atoms. The highest BCUT2D eigenvalue weighted by atomic mass is 31.2. The zero-order valence-electron chi connectivity index (χ0n) is 42.9. The molecule has 0 fully saturated rings. The SMILES string of the molecule is CC/C=C\C/C=C\C/C=C\C/C=C\CCCCCCCCCCCCCCCCCCCCCCCCCCCCC(=O)OC(COC(=O)CCCCCCCC)COP(=O)(O)OCCN. The average molecular weight is 950 g/mol. The van der Waals surface area contributed by atoms with Gasteiger partial charge < -0.3 is 20.1 Å². The summed E-state index contributed by atoms with van der Waals surface area (Å²) in [6, 6.07) is 0. The van der Waals surface area contributed by atoms with Crippen molar-refractivity contribution in [2.75, 3.05) is 26.4 Å². The number of carbonyl (C=O) groups excluding carboxylic acids is 2. The number of allylic oxidation sites excluding steroid dienone is 8.